The number of hydrogen-bond donors (Lipinski definition) is 1. The van der Waals surface area contributed by atoms with Gasteiger partial charge in [-0.05, 0) is 31.4 Å². The summed E-state index contributed by atoms with van der Waals surface area (Å²) in [5.41, 5.74) is 0.0414. The van der Waals surface area contributed by atoms with E-state index < -0.39 is 5.82 Å². The summed E-state index contributed by atoms with van der Waals surface area (Å²) in [5, 5.41) is 2.88. The van der Waals surface area contributed by atoms with E-state index >= 15 is 0 Å². The lowest BCUT2D eigenvalue weighted by Crippen LogP contribution is -2.43. The minimum absolute atomic E-state index is 0.0414. The summed E-state index contributed by atoms with van der Waals surface area (Å²) in [4.78, 5) is 26.0. The van der Waals surface area contributed by atoms with Crippen LogP contribution in [0, 0.1) is 11.7 Å². The number of piperidine rings is 1. The molecule has 5 nitrogen and oxygen atoms in total. The van der Waals surface area contributed by atoms with Gasteiger partial charge in [-0.15, -0.1) is 0 Å². The van der Waals surface area contributed by atoms with Crippen LogP contribution < -0.4 is 10.1 Å². The Hall–Kier alpha value is -2.11. The van der Waals surface area contributed by atoms with E-state index in [4.69, 9.17) is 4.74 Å². The summed E-state index contributed by atoms with van der Waals surface area (Å²) < 4.78 is 18.9. The molecule has 0 aliphatic carbocycles. The highest BCUT2D eigenvalue weighted by Crippen LogP contribution is 2.22. The Morgan fingerprint density at radius 1 is 1.35 bits per heavy atom. The predicted octanol–water partition coefficient (Wildman–Crippen LogP) is 2.21. The molecule has 23 heavy (non-hydrogen) atoms. The van der Waals surface area contributed by atoms with Gasteiger partial charge < -0.3 is 15.0 Å². The molecule has 0 unspecified atom stereocenters. The van der Waals surface area contributed by atoms with E-state index in [1.165, 1.54) is 19.2 Å². The van der Waals surface area contributed by atoms with Crippen molar-refractivity contribution in [3.63, 3.8) is 0 Å². The first-order valence-electron chi connectivity index (χ1n) is 7.97. The zero-order valence-electron chi connectivity index (χ0n) is 13.6. The average molecular weight is 322 g/mol. The zero-order valence-corrected chi connectivity index (χ0v) is 13.6. The van der Waals surface area contributed by atoms with Crippen molar-refractivity contribution >= 4 is 11.8 Å². The topological polar surface area (TPSA) is 58.6 Å². The van der Waals surface area contributed by atoms with Crippen LogP contribution in [0.4, 0.5) is 4.39 Å². The zero-order chi connectivity index (χ0) is 16.8. The van der Waals surface area contributed by atoms with E-state index in [1.807, 2.05) is 6.92 Å². The molecule has 1 aliphatic rings. The van der Waals surface area contributed by atoms with Crippen molar-refractivity contribution in [2.75, 3.05) is 26.7 Å². The molecule has 2 amide bonds. The van der Waals surface area contributed by atoms with Gasteiger partial charge in [0.05, 0.1) is 12.7 Å². The minimum atomic E-state index is -0.586. The highest BCUT2D eigenvalue weighted by molar-refractivity contribution is 5.94. The van der Waals surface area contributed by atoms with E-state index in [0.29, 0.717) is 38.2 Å². The van der Waals surface area contributed by atoms with E-state index in [9.17, 15) is 14.0 Å². The number of hydrogen-bond acceptors (Lipinski definition) is 3. The van der Waals surface area contributed by atoms with Crippen LogP contribution in [0.1, 0.15) is 36.5 Å². The number of rotatable bonds is 5. The second kappa shape index (κ2) is 7.94. The van der Waals surface area contributed by atoms with E-state index in [0.717, 1.165) is 6.42 Å². The minimum Gasteiger partial charge on any atom is -0.497 e. The summed E-state index contributed by atoms with van der Waals surface area (Å²) in [5.74, 6) is -0.555. The van der Waals surface area contributed by atoms with Crippen molar-refractivity contribution in [1.29, 1.82) is 0 Å². The summed E-state index contributed by atoms with van der Waals surface area (Å²) in [6, 6.07) is 4.22. The van der Waals surface area contributed by atoms with Crippen molar-refractivity contribution in [2.24, 2.45) is 5.92 Å². The maximum absolute atomic E-state index is 14.0. The third-order valence-corrected chi connectivity index (χ3v) is 4.11. The maximum atomic E-state index is 14.0. The van der Waals surface area contributed by atoms with Crippen molar-refractivity contribution in [1.82, 2.24) is 10.2 Å². The van der Waals surface area contributed by atoms with Crippen LogP contribution in [-0.2, 0) is 4.79 Å². The molecule has 1 N–H and O–H groups in total. The lowest BCUT2D eigenvalue weighted by molar-refractivity contribution is -0.126. The number of amides is 2. The van der Waals surface area contributed by atoms with Gasteiger partial charge in [-0.2, -0.15) is 0 Å². The monoisotopic (exact) mass is 322 g/mol. The number of ether oxygens (including phenoxy) is 1. The van der Waals surface area contributed by atoms with Crippen molar-refractivity contribution < 1.29 is 18.7 Å². The standard InChI is InChI=1S/C17H23FN2O3/c1-3-8-19-16(21)12-6-9-20(10-7-12)17(22)14-5-4-13(23-2)11-15(14)18/h4-5,11-12H,3,6-10H2,1-2H3,(H,19,21). The van der Waals surface area contributed by atoms with Gasteiger partial charge in [0.15, 0.2) is 0 Å². The SMILES string of the molecule is CCCNC(=O)C1CCN(C(=O)c2ccc(OC)cc2F)CC1. The van der Waals surface area contributed by atoms with E-state index in [1.54, 1.807) is 11.0 Å². The lowest BCUT2D eigenvalue weighted by Gasteiger charge is -2.31. The Bertz CT molecular complexity index is 569. The van der Waals surface area contributed by atoms with Crippen LogP contribution in [0.2, 0.25) is 0 Å². The number of nitrogens with one attached hydrogen (secondary N) is 1. The Labute approximate surface area is 135 Å². The van der Waals surface area contributed by atoms with Crippen molar-refractivity contribution in [3.8, 4) is 5.75 Å². The fourth-order valence-corrected chi connectivity index (χ4v) is 2.70. The van der Waals surface area contributed by atoms with Gasteiger partial charge in [0.2, 0.25) is 5.91 Å². The normalized spacial score (nSPS) is 15.3. The Morgan fingerprint density at radius 2 is 2.04 bits per heavy atom. The molecule has 126 valence electrons. The van der Waals surface area contributed by atoms with Crippen LogP contribution in [0.5, 0.6) is 5.75 Å². The van der Waals surface area contributed by atoms with Gasteiger partial charge in [0.1, 0.15) is 11.6 Å². The van der Waals surface area contributed by atoms with Gasteiger partial charge in [0, 0.05) is 31.6 Å². The van der Waals surface area contributed by atoms with Crippen molar-refractivity contribution in [2.45, 2.75) is 26.2 Å². The first-order chi connectivity index (χ1) is 11.1. The number of likely N-dealkylation sites (tertiary alicyclic amines) is 1. The summed E-state index contributed by atoms with van der Waals surface area (Å²) >= 11 is 0. The number of halogens is 1. The molecule has 0 bridgehead atoms. The van der Waals surface area contributed by atoms with Crippen molar-refractivity contribution in [3.05, 3.63) is 29.6 Å². The highest BCUT2D eigenvalue weighted by Gasteiger charge is 2.28. The number of nitrogens with zero attached hydrogens (tertiary/aromatic N) is 1. The number of carbonyl (C=O) groups is 2. The average Bonchev–Trinajstić information content (AvgIpc) is 2.59. The maximum Gasteiger partial charge on any atom is 0.256 e. The van der Waals surface area contributed by atoms with Gasteiger partial charge in [-0.3, -0.25) is 9.59 Å². The molecule has 0 aromatic heterocycles. The molecule has 0 saturated carbocycles. The largest absolute Gasteiger partial charge is 0.497 e. The molecule has 1 aliphatic heterocycles. The molecule has 1 fully saturated rings. The van der Waals surface area contributed by atoms with Gasteiger partial charge in [-0.1, -0.05) is 6.92 Å². The number of methoxy groups -OCH3 is 1. The summed E-state index contributed by atoms with van der Waals surface area (Å²) in [7, 11) is 1.45. The van der Waals surface area contributed by atoms with Crippen LogP contribution >= 0.6 is 0 Å². The molecule has 1 aromatic rings. The van der Waals surface area contributed by atoms with Crippen LogP contribution in [0.3, 0.4) is 0 Å². The highest BCUT2D eigenvalue weighted by atomic mass is 19.1. The first kappa shape index (κ1) is 17.2. The molecule has 2 rings (SSSR count). The molecule has 6 heteroatoms. The van der Waals surface area contributed by atoms with Gasteiger partial charge in [-0.25, -0.2) is 4.39 Å². The number of benzene rings is 1. The van der Waals surface area contributed by atoms with Crippen LogP contribution in [-0.4, -0.2) is 43.5 Å². The predicted molar refractivity (Wildman–Crippen MR) is 84.9 cm³/mol. The first-order valence-corrected chi connectivity index (χ1v) is 7.97. The third-order valence-electron chi connectivity index (χ3n) is 4.11. The summed E-state index contributed by atoms with van der Waals surface area (Å²) in [6.07, 6.45) is 2.12. The Kier molecular flexibility index (Phi) is 5.96. The molecule has 0 atom stereocenters. The van der Waals surface area contributed by atoms with E-state index in [2.05, 4.69) is 5.32 Å². The van der Waals surface area contributed by atoms with E-state index in [-0.39, 0.29) is 23.3 Å². The van der Waals surface area contributed by atoms with Gasteiger partial charge in [0.25, 0.3) is 5.91 Å². The Morgan fingerprint density at radius 3 is 2.61 bits per heavy atom. The number of carbonyl (C=O) groups excluding carboxylic acids is 2. The fraction of sp³-hybridized carbons (Fsp3) is 0.529. The fourth-order valence-electron chi connectivity index (χ4n) is 2.70. The molecule has 0 radical (unpaired) electrons. The molecule has 1 aromatic carbocycles. The smallest absolute Gasteiger partial charge is 0.256 e. The molecule has 1 saturated heterocycles. The summed E-state index contributed by atoms with van der Waals surface area (Å²) in [6.45, 7) is 3.61. The second-order valence-corrected chi connectivity index (χ2v) is 5.70. The molecule has 0 spiro atoms. The second-order valence-electron chi connectivity index (χ2n) is 5.70. The van der Waals surface area contributed by atoms with Crippen LogP contribution in [0.25, 0.3) is 0 Å². The molecular weight excluding hydrogens is 299 g/mol. The third kappa shape index (κ3) is 4.21. The Balaban J connectivity index is 1.94. The van der Waals surface area contributed by atoms with Crippen LogP contribution in [0.15, 0.2) is 18.2 Å². The van der Waals surface area contributed by atoms with Gasteiger partial charge >= 0.3 is 0 Å². The molecule has 1 heterocycles. The quantitative estimate of drug-likeness (QED) is 0.904. The molecular formula is C17H23FN2O3. The lowest BCUT2D eigenvalue weighted by atomic mass is 9.95.